The van der Waals surface area contributed by atoms with Crippen LogP contribution in [-0.4, -0.2) is 25.8 Å². The number of hydrogen-bond donors (Lipinski definition) is 2. The molecule has 3 nitrogen and oxygen atoms in total. The van der Waals surface area contributed by atoms with Crippen LogP contribution in [0, 0.1) is 12.7 Å². The minimum atomic E-state index is -0.858. The Kier molecular flexibility index (Phi) is 4.05. The molecular formula is C11H16FNO2. The van der Waals surface area contributed by atoms with E-state index in [1.165, 1.54) is 13.2 Å². The van der Waals surface area contributed by atoms with E-state index in [-0.39, 0.29) is 11.4 Å². The van der Waals surface area contributed by atoms with Crippen molar-refractivity contribution in [3.63, 3.8) is 0 Å². The number of benzene rings is 1. The molecule has 4 heteroatoms. The number of nitrogens with one attached hydrogen (secondary N) is 1. The zero-order chi connectivity index (χ0) is 11.4. The summed E-state index contributed by atoms with van der Waals surface area (Å²) in [6, 6.07) is 3.12. The van der Waals surface area contributed by atoms with Crippen LogP contribution in [0.5, 0.6) is 5.75 Å². The van der Waals surface area contributed by atoms with Crippen molar-refractivity contribution < 1.29 is 14.2 Å². The van der Waals surface area contributed by atoms with E-state index in [9.17, 15) is 9.50 Å². The predicted molar refractivity (Wildman–Crippen MR) is 56.6 cm³/mol. The van der Waals surface area contributed by atoms with Gasteiger partial charge in [-0.15, -0.1) is 0 Å². The lowest BCUT2D eigenvalue weighted by Gasteiger charge is -2.14. The van der Waals surface area contributed by atoms with Gasteiger partial charge in [0.25, 0.3) is 0 Å². The zero-order valence-electron chi connectivity index (χ0n) is 9.17. The normalized spacial score (nSPS) is 12.6. The lowest BCUT2D eigenvalue weighted by atomic mass is 10.0. The summed E-state index contributed by atoms with van der Waals surface area (Å²) >= 11 is 0. The third kappa shape index (κ3) is 2.67. The van der Waals surface area contributed by atoms with Crippen LogP contribution in [-0.2, 0) is 0 Å². The molecule has 1 aromatic rings. The molecule has 0 radical (unpaired) electrons. The Morgan fingerprint density at radius 1 is 1.53 bits per heavy atom. The van der Waals surface area contributed by atoms with Gasteiger partial charge in [-0.05, 0) is 31.7 Å². The van der Waals surface area contributed by atoms with Gasteiger partial charge < -0.3 is 15.2 Å². The molecule has 0 fully saturated rings. The first-order valence-electron chi connectivity index (χ1n) is 4.76. The molecule has 0 heterocycles. The quantitative estimate of drug-likeness (QED) is 0.794. The van der Waals surface area contributed by atoms with Crippen LogP contribution in [0.3, 0.4) is 0 Å². The Hall–Kier alpha value is -1.13. The van der Waals surface area contributed by atoms with Crippen LogP contribution >= 0.6 is 0 Å². The van der Waals surface area contributed by atoms with Crippen LogP contribution in [0.15, 0.2) is 12.1 Å². The number of rotatable bonds is 4. The number of ether oxygens (including phenoxy) is 1. The second-order valence-corrected chi connectivity index (χ2v) is 3.42. The Morgan fingerprint density at radius 2 is 2.20 bits per heavy atom. The summed E-state index contributed by atoms with van der Waals surface area (Å²) < 4.78 is 18.7. The van der Waals surface area contributed by atoms with Crippen LogP contribution in [0.2, 0.25) is 0 Å². The summed E-state index contributed by atoms with van der Waals surface area (Å²) in [7, 11) is 3.22. The van der Waals surface area contributed by atoms with E-state index in [4.69, 9.17) is 4.74 Å². The van der Waals surface area contributed by atoms with Gasteiger partial charge in [0.05, 0.1) is 13.2 Å². The summed E-state index contributed by atoms with van der Waals surface area (Å²) in [4.78, 5) is 0. The first kappa shape index (κ1) is 11.9. The topological polar surface area (TPSA) is 41.5 Å². The molecule has 2 N–H and O–H groups in total. The minimum absolute atomic E-state index is 0.265. The van der Waals surface area contributed by atoms with E-state index in [0.29, 0.717) is 17.9 Å². The van der Waals surface area contributed by atoms with Gasteiger partial charge in [0.1, 0.15) is 11.6 Å². The van der Waals surface area contributed by atoms with Crippen molar-refractivity contribution in [3.05, 3.63) is 29.1 Å². The van der Waals surface area contributed by atoms with Gasteiger partial charge in [-0.1, -0.05) is 0 Å². The average molecular weight is 213 g/mol. The highest BCUT2D eigenvalue weighted by molar-refractivity contribution is 5.36. The number of hydrogen-bond acceptors (Lipinski definition) is 3. The molecule has 0 aliphatic rings. The van der Waals surface area contributed by atoms with Gasteiger partial charge in [0, 0.05) is 12.1 Å². The van der Waals surface area contributed by atoms with Crippen molar-refractivity contribution in [2.75, 3.05) is 20.7 Å². The van der Waals surface area contributed by atoms with Gasteiger partial charge in [0.15, 0.2) is 0 Å². The highest BCUT2D eigenvalue weighted by Crippen LogP contribution is 2.25. The number of aryl methyl sites for hydroxylation is 1. The van der Waals surface area contributed by atoms with Gasteiger partial charge >= 0.3 is 0 Å². The smallest absolute Gasteiger partial charge is 0.132 e. The summed E-state index contributed by atoms with van der Waals surface area (Å²) in [5.74, 6) is 0.178. The van der Waals surface area contributed by atoms with Crippen LogP contribution in [0.4, 0.5) is 4.39 Å². The standard InChI is InChI=1S/C11H16FNO2/c1-7-4-8(15-3)5-9(11(7)12)10(14)6-13-2/h4-5,10,13-14H,6H2,1-3H3. The second-order valence-electron chi connectivity index (χ2n) is 3.42. The third-order valence-corrected chi connectivity index (χ3v) is 2.25. The Balaban J connectivity index is 3.09. The molecule has 0 spiro atoms. The molecule has 0 saturated heterocycles. The summed E-state index contributed by atoms with van der Waals surface area (Å²) in [6.45, 7) is 1.96. The molecule has 1 unspecified atom stereocenters. The summed E-state index contributed by atoms with van der Waals surface area (Å²) in [5.41, 5.74) is 0.737. The fraction of sp³-hybridized carbons (Fsp3) is 0.455. The summed E-state index contributed by atoms with van der Waals surface area (Å²) in [5, 5.41) is 12.5. The zero-order valence-corrected chi connectivity index (χ0v) is 9.17. The van der Waals surface area contributed by atoms with Gasteiger partial charge in [-0.2, -0.15) is 0 Å². The highest BCUT2D eigenvalue weighted by Gasteiger charge is 2.15. The number of methoxy groups -OCH3 is 1. The fourth-order valence-electron chi connectivity index (χ4n) is 1.43. The molecule has 0 saturated carbocycles. The van der Waals surface area contributed by atoms with Crippen LogP contribution in [0.25, 0.3) is 0 Å². The Labute approximate surface area is 88.9 Å². The summed E-state index contributed by atoms with van der Waals surface area (Å²) in [6.07, 6.45) is -0.858. The largest absolute Gasteiger partial charge is 0.497 e. The predicted octanol–water partition coefficient (Wildman–Crippen LogP) is 1.40. The first-order chi connectivity index (χ1) is 7.10. The van der Waals surface area contributed by atoms with Crippen LogP contribution < -0.4 is 10.1 Å². The highest BCUT2D eigenvalue weighted by atomic mass is 19.1. The van der Waals surface area contributed by atoms with Crippen LogP contribution in [0.1, 0.15) is 17.2 Å². The average Bonchev–Trinajstić information content (AvgIpc) is 2.22. The van der Waals surface area contributed by atoms with Crippen molar-refractivity contribution in [1.29, 1.82) is 0 Å². The van der Waals surface area contributed by atoms with Gasteiger partial charge in [-0.25, -0.2) is 4.39 Å². The molecule has 1 rings (SSSR count). The lowest BCUT2D eigenvalue weighted by molar-refractivity contribution is 0.172. The monoisotopic (exact) mass is 213 g/mol. The Bertz CT molecular complexity index is 342. The maximum absolute atomic E-state index is 13.6. The lowest BCUT2D eigenvalue weighted by Crippen LogP contribution is -2.18. The number of halogens is 1. The molecule has 0 aliphatic heterocycles. The van der Waals surface area contributed by atoms with Gasteiger partial charge in [0.2, 0.25) is 0 Å². The van der Waals surface area contributed by atoms with E-state index >= 15 is 0 Å². The molecule has 15 heavy (non-hydrogen) atoms. The molecule has 1 atom stereocenters. The van der Waals surface area contributed by atoms with Crippen molar-refractivity contribution in [1.82, 2.24) is 5.32 Å². The SMILES string of the molecule is CNCC(O)c1cc(OC)cc(C)c1F. The Morgan fingerprint density at radius 3 is 2.73 bits per heavy atom. The minimum Gasteiger partial charge on any atom is -0.497 e. The molecule has 84 valence electrons. The first-order valence-corrected chi connectivity index (χ1v) is 4.76. The fourth-order valence-corrected chi connectivity index (χ4v) is 1.43. The molecular weight excluding hydrogens is 197 g/mol. The van der Waals surface area contributed by atoms with E-state index in [1.54, 1.807) is 20.0 Å². The van der Waals surface area contributed by atoms with Crippen molar-refractivity contribution in [2.24, 2.45) is 0 Å². The third-order valence-electron chi connectivity index (χ3n) is 2.25. The molecule has 0 aliphatic carbocycles. The van der Waals surface area contributed by atoms with Crippen molar-refractivity contribution in [2.45, 2.75) is 13.0 Å². The van der Waals surface area contributed by atoms with E-state index < -0.39 is 6.10 Å². The molecule has 0 aromatic heterocycles. The molecule has 0 bridgehead atoms. The number of likely N-dealkylation sites (N-methyl/N-ethyl adjacent to an activating group) is 1. The van der Waals surface area contributed by atoms with E-state index in [1.807, 2.05) is 0 Å². The number of aliphatic hydroxyl groups is 1. The second kappa shape index (κ2) is 5.09. The number of aliphatic hydroxyl groups excluding tert-OH is 1. The molecule has 0 amide bonds. The van der Waals surface area contributed by atoms with Crippen molar-refractivity contribution in [3.8, 4) is 5.75 Å². The van der Waals surface area contributed by atoms with E-state index in [0.717, 1.165) is 0 Å². The molecule has 1 aromatic carbocycles. The maximum Gasteiger partial charge on any atom is 0.132 e. The maximum atomic E-state index is 13.6. The van der Waals surface area contributed by atoms with E-state index in [2.05, 4.69) is 5.32 Å². The van der Waals surface area contributed by atoms with Crippen molar-refractivity contribution >= 4 is 0 Å². The van der Waals surface area contributed by atoms with Gasteiger partial charge in [-0.3, -0.25) is 0 Å².